The molecule has 2 aromatic carbocycles. The molecule has 0 N–H and O–H groups in total. The van der Waals surface area contributed by atoms with Gasteiger partial charge in [0.05, 0.1) is 0 Å². The first-order chi connectivity index (χ1) is 10.1. The van der Waals surface area contributed by atoms with Crippen LogP contribution in [-0.2, 0) is 10.8 Å². The molecule has 0 heterocycles. The van der Waals surface area contributed by atoms with Gasteiger partial charge in [0, 0.05) is 5.92 Å². The fourth-order valence-corrected chi connectivity index (χ4v) is 3.99. The summed E-state index contributed by atoms with van der Waals surface area (Å²) in [5, 5.41) is 0. The molecule has 0 fully saturated rings. The molecule has 0 amide bonds. The first kappa shape index (κ1) is 15.3. The predicted octanol–water partition coefficient (Wildman–Crippen LogP) is 6.41. The van der Waals surface area contributed by atoms with E-state index in [1.807, 2.05) is 0 Å². The molecule has 116 valence electrons. The van der Waals surface area contributed by atoms with Crippen molar-refractivity contribution in [3.05, 3.63) is 58.7 Å². The Morgan fingerprint density at radius 2 is 1.00 bits per heavy atom. The van der Waals surface area contributed by atoms with Gasteiger partial charge in [0.1, 0.15) is 0 Å². The Balaban J connectivity index is 2.32. The Morgan fingerprint density at radius 3 is 1.32 bits per heavy atom. The average molecular weight is 292 g/mol. The molecule has 0 aliphatic heterocycles. The van der Waals surface area contributed by atoms with Gasteiger partial charge in [0.2, 0.25) is 0 Å². The first-order valence-corrected chi connectivity index (χ1v) is 8.39. The molecule has 0 radical (unpaired) electrons. The van der Waals surface area contributed by atoms with E-state index in [0.29, 0.717) is 5.92 Å². The quantitative estimate of drug-likeness (QED) is 0.526. The minimum atomic E-state index is 0.184. The van der Waals surface area contributed by atoms with Gasteiger partial charge in [-0.1, -0.05) is 84.9 Å². The van der Waals surface area contributed by atoms with Crippen molar-refractivity contribution < 1.29 is 0 Å². The van der Waals surface area contributed by atoms with Crippen LogP contribution in [0.5, 0.6) is 0 Å². The second-order valence-corrected chi connectivity index (χ2v) is 8.76. The molecule has 0 nitrogen and oxygen atoms in total. The van der Waals surface area contributed by atoms with Gasteiger partial charge in [-0.3, -0.25) is 0 Å². The van der Waals surface area contributed by atoms with Gasteiger partial charge in [-0.25, -0.2) is 0 Å². The van der Waals surface area contributed by atoms with Crippen LogP contribution in [0.25, 0.3) is 11.1 Å². The van der Waals surface area contributed by atoms with Crippen LogP contribution < -0.4 is 0 Å². The van der Waals surface area contributed by atoms with Crippen molar-refractivity contribution in [3.8, 4) is 11.1 Å². The number of benzene rings is 2. The molecule has 0 unspecified atom stereocenters. The third-order valence-corrected chi connectivity index (χ3v) is 4.98. The SMILES string of the molecule is CC1c2c(cccc2C(C)(C)C)-c2cccc(C(C)(C)C)c21. The monoisotopic (exact) mass is 292 g/mol. The van der Waals surface area contributed by atoms with Crippen molar-refractivity contribution in [2.45, 2.75) is 65.2 Å². The van der Waals surface area contributed by atoms with E-state index in [2.05, 4.69) is 84.9 Å². The second-order valence-electron chi connectivity index (χ2n) is 8.76. The van der Waals surface area contributed by atoms with E-state index in [9.17, 15) is 0 Å². The van der Waals surface area contributed by atoms with E-state index in [1.165, 1.54) is 22.3 Å². The number of fused-ring (bicyclic) bond motifs is 3. The smallest absolute Gasteiger partial charge is 0.00791 e. The number of rotatable bonds is 0. The average Bonchev–Trinajstić information content (AvgIpc) is 2.71. The van der Waals surface area contributed by atoms with E-state index < -0.39 is 0 Å². The van der Waals surface area contributed by atoms with Gasteiger partial charge in [-0.15, -0.1) is 0 Å². The van der Waals surface area contributed by atoms with Gasteiger partial charge in [0.25, 0.3) is 0 Å². The van der Waals surface area contributed by atoms with Gasteiger partial charge in [0.15, 0.2) is 0 Å². The normalized spacial score (nSPS) is 14.9. The summed E-state index contributed by atoms with van der Waals surface area (Å²) in [4.78, 5) is 0. The fourth-order valence-electron chi connectivity index (χ4n) is 3.99. The van der Waals surface area contributed by atoms with Crippen LogP contribution in [0, 0.1) is 0 Å². The van der Waals surface area contributed by atoms with E-state index >= 15 is 0 Å². The fraction of sp³-hybridized carbons (Fsp3) is 0.455. The molecule has 1 aliphatic rings. The van der Waals surface area contributed by atoms with Gasteiger partial charge < -0.3 is 0 Å². The third-order valence-electron chi connectivity index (χ3n) is 4.98. The van der Waals surface area contributed by atoms with E-state index in [1.54, 1.807) is 11.1 Å². The van der Waals surface area contributed by atoms with E-state index in [4.69, 9.17) is 0 Å². The molecule has 0 saturated carbocycles. The lowest BCUT2D eigenvalue weighted by Crippen LogP contribution is -2.17. The Bertz CT molecular complexity index is 657. The molecule has 1 aliphatic carbocycles. The van der Waals surface area contributed by atoms with Crippen LogP contribution in [0.15, 0.2) is 36.4 Å². The molecular formula is C22H28. The molecule has 0 heteroatoms. The summed E-state index contributed by atoms with van der Waals surface area (Å²) in [7, 11) is 0. The van der Waals surface area contributed by atoms with Crippen molar-refractivity contribution in [3.63, 3.8) is 0 Å². The topological polar surface area (TPSA) is 0 Å². The van der Waals surface area contributed by atoms with Crippen LogP contribution in [-0.4, -0.2) is 0 Å². The van der Waals surface area contributed by atoms with Crippen LogP contribution in [0.4, 0.5) is 0 Å². The number of hydrogen-bond acceptors (Lipinski definition) is 0. The van der Waals surface area contributed by atoms with Crippen molar-refractivity contribution in [1.82, 2.24) is 0 Å². The lowest BCUT2D eigenvalue weighted by atomic mass is 9.77. The van der Waals surface area contributed by atoms with E-state index in [0.717, 1.165) is 0 Å². The molecule has 22 heavy (non-hydrogen) atoms. The minimum absolute atomic E-state index is 0.184. The van der Waals surface area contributed by atoms with Gasteiger partial charge in [-0.05, 0) is 44.2 Å². The van der Waals surface area contributed by atoms with Crippen molar-refractivity contribution in [2.75, 3.05) is 0 Å². The third kappa shape index (κ3) is 2.20. The molecule has 2 aromatic rings. The minimum Gasteiger partial charge on any atom is -0.0613 e. The summed E-state index contributed by atoms with van der Waals surface area (Å²) in [6.07, 6.45) is 0. The zero-order valence-electron chi connectivity index (χ0n) is 15.0. The number of hydrogen-bond donors (Lipinski definition) is 0. The maximum atomic E-state index is 2.38. The molecule has 0 bridgehead atoms. The van der Waals surface area contributed by atoms with Crippen LogP contribution in [0.3, 0.4) is 0 Å². The van der Waals surface area contributed by atoms with Crippen LogP contribution in [0.2, 0.25) is 0 Å². The van der Waals surface area contributed by atoms with Gasteiger partial charge >= 0.3 is 0 Å². The summed E-state index contributed by atoms with van der Waals surface area (Å²) in [6.45, 7) is 16.3. The van der Waals surface area contributed by atoms with Crippen molar-refractivity contribution in [2.24, 2.45) is 0 Å². The zero-order chi connectivity index (χ0) is 16.3. The first-order valence-electron chi connectivity index (χ1n) is 8.39. The summed E-state index contributed by atoms with van der Waals surface area (Å²) < 4.78 is 0. The zero-order valence-corrected chi connectivity index (χ0v) is 15.0. The maximum absolute atomic E-state index is 2.38. The Labute approximate surface area is 135 Å². The summed E-state index contributed by atoms with van der Waals surface area (Å²) in [5.74, 6) is 0.482. The Kier molecular flexibility index (Phi) is 3.29. The summed E-state index contributed by atoms with van der Waals surface area (Å²) >= 11 is 0. The van der Waals surface area contributed by atoms with Crippen LogP contribution >= 0.6 is 0 Å². The summed E-state index contributed by atoms with van der Waals surface area (Å²) in [6, 6.07) is 13.7. The molecular weight excluding hydrogens is 264 g/mol. The Morgan fingerprint density at radius 1 is 0.636 bits per heavy atom. The largest absolute Gasteiger partial charge is 0.0613 e. The molecule has 0 saturated heterocycles. The molecule has 0 aromatic heterocycles. The van der Waals surface area contributed by atoms with Gasteiger partial charge in [-0.2, -0.15) is 0 Å². The maximum Gasteiger partial charge on any atom is 0.00791 e. The predicted molar refractivity (Wildman–Crippen MR) is 96.8 cm³/mol. The lowest BCUT2D eigenvalue weighted by molar-refractivity contribution is 0.572. The van der Waals surface area contributed by atoms with Crippen LogP contribution in [0.1, 0.15) is 76.6 Å². The van der Waals surface area contributed by atoms with Crippen molar-refractivity contribution in [1.29, 1.82) is 0 Å². The summed E-state index contributed by atoms with van der Waals surface area (Å²) in [5.41, 5.74) is 9.33. The Hall–Kier alpha value is -1.56. The molecule has 0 spiro atoms. The molecule has 3 rings (SSSR count). The van der Waals surface area contributed by atoms with E-state index in [-0.39, 0.29) is 10.8 Å². The lowest BCUT2D eigenvalue weighted by Gasteiger charge is -2.27. The highest BCUT2D eigenvalue weighted by atomic mass is 14.4. The highest BCUT2D eigenvalue weighted by molar-refractivity contribution is 5.81. The molecule has 0 atom stereocenters. The second kappa shape index (κ2) is 4.72. The highest BCUT2D eigenvalue weighted by Crippen LogP contribution is 2.51. The standard InChI is InChI=1S/C22H28/c1-14-19-15(10-8-12-17(19)21(2,3)4)16-11-9-13-18(20(14)16)22(5,6)7/h8-14H,1-7H3. The van der Waals surface area contributed by atoms with Crippen molar-refractivity contribution >= 4 is 0 Å². The highest BCUT2D eigenvalue weighted by Gasteiger charge is 2.34.